The Morgan fingerprint density at radius 1 is 1.17 bits per heavy atom. The van der Waals surface area contributed by atoms with Gasteiger partial charge < -0.3 is 14.3 Å². The van der Waals surface area contributed by atoms with Crippen molar-refractivity contribution in [3.05, 3.63) is 0 Å². The van der Waals surface area contributed by atoms with E-state index in [-0.39, 0.29) is 19.8 Å². The molecule has 2 unspecified atom stereocenters. The van der Waals surface area contributed by atoms with Gasteiger partial charge in [-0.25, -0.2) is 4.57 Å². The minimum Gasteiger partial charge on any atom is -0.388 e. The van der Waals surface area contributed by atoms with Gasteiger partial charge in [0, 0.05) is 14.2 Å². The minimum absolute atomic E-state index is 0.0998. The number of ether oxygens (including phenoxy) is 1. The predicted molar refractivity (Wildman–Crippen MR) is 67.3 cm³/mol. The van der Waals surface area contributed by atoms with E-state index in [2.05, 4.69) is 0 Å². The minimum atomic E-state index is -3.59. The van der Waals surface area contributed by atoms with Crippen LogP contribution in [0.3, 0.4) is 0 Å². The molecule has 0 aliphatic rings. The van der Waals surface area contributed by atoms with Crippen LogP contribution < -0.4 is 0 Å². The SMILES string of the molecule is COCC(O)COP(=O)(OC)OCC[N+](C)(C)C. The molecule has 1 N–H and O–H groups in total. The van der Waals surface area contributed by atoms with Gasteiger partial charge in [0.25, 0.3) is 0 Å². The Kier molecular flexibility index (Phi) is 8.21. The molecule has 0 aromatic carbocycles. The molecule has 0 fully saturated rings. The van der Waals surface area contributed by atoms with Crippen molar-refractivity contribution in [2.45, 2.75) is 6.10 Å². The summed E-state index contributed by atoms with van der Waals surface area (Å²) in [5.74, 6) is 0. The molecule has 0 spiro atoms. The summed E-state index contributed by atoms with van der Waals surface area (Å²) in [6.45, 7) is 0.845. The molecule has 0 aliphatic carbocycles. The zero-order chi connectivity index (χ0) is 14.2. The molecule has 0 saturated heterocycles. The Labute approximate surface area is 109 Å². The Morgan fingerprint density at radius 2 is 1.78 bits per heavy atom. The Bertz CT molecular complexity index is 268. The van der Waals surface area contributed by atoms with Crippen molar-refractivity contribution in [2.24, 2.45) is 0 Å². The van der Waals surface area contributed by atoms with E-state index in [9.17, 15) is 9.67 Å². The van der Waals surface area contributed by atoms with Gasteiger partial charge in [-0.1, -0.05) is 0 Å². The van der Waals surface area contributed by atoms with Gasteiger partial charge in [-0.3, -0.25) is 13.6 Å². The lowest BCUT2D eigenvalue weighted by Gasteiger charge is -2.24. The standard InChI is InChI=1S/C10H25NO6P/c1-11(2,3)6-7-16-18(13,15-5)17-9-10(12)8-14-4/h10,12H,6-9H2,1-5H3/q+1. The molecule has 0 amide bonds. The van der Waals surface area contributed by atoms with E-state index in [0.717, 1.165) is 0 Å². The molecule has 0 heterocycles. The number of rotatable bonds is 10. The van der Waals surface area contributed by atoms with E-state index < -0.39 is 13.9 Å². The number of hydrogen-bond acceptors (Lipinski definition) is 6. The summed E-state index contributed by atoms with van der Waals surface area (Å²) in [6.07, 6.45) is -0.861. The monoisotopic (exact) mass is 286 g/mol. The van der Waals surface area contributed by atoms with Crippen LogP contribution >= 0.6 is 7.82 Å². The lowest BCUT2D eigenvalue weighted by Crippen LogP contribution is -2.37. The topological polar surface area (TPSA) is 74.2 Å². The molecule has 0 radical (unpaired) electrons. The number of phosphoric acid groups is 1. The van der Waals surface area contributed by atoms with E-state index in [1.54, 1.807) is 0 Å². The third-order valence-corrected chi connectivity index (χ3v) is 3.43. The zero-order valence-electron chi connectivity index (χ0n) is 11.8. The summed E-state index contributed by atoms with van der Waals surface area (Å²) in [5.41, 5.74) is 0. The molecule has 0 rings (SSSR count). The highest BCUT2D eigenvalue weighted by Gasteiger charge is 2.27. The number of methoxy groups -OCH3 is 1. The number of phosphoric ester groups is 1. The van der Waals surface area contributed by atoms with E-state index >= 15 is 0 Å². The van der Waals surface area contributed by atoms with Crippen molar-refractivity contribution in [3.8, 4) is 0 Å². The Morgan fingerprint density at radius 3 is 2.22 bits per heavy atom. The van der Waals surface area contributed by atoms with Gasteiger partial charge >= 0.3 is 7.82 Å². The van der Waals surface area contributed by atoms with Crippen LogP contribution in [0.4, 0.5) is 0 Å². The number of likely N-dealkylation sites (N-methyl/N-ethyl adjacent to an activating group) is 1. The summed E-state index contributed by atoms with van der Waals surface area (Å²) >= 11 is 0. The maximum absolute atomic E-state index is 12.0. The smallest absolute Gasteiger partial charge is 0.388 e. The van der Waals surface area contributed by atoms with Crippen LogP contribution in [0.2, 0.25) is 0 Å². The lowest BCUT2D eigenvalue weighted by atomic mass is 10.4. The molecule has 0 aromatic heterocycles. The molecule has 110 valence electrons. The van der Waals surface area contributed by atoms with Crippen LogP contribution in [0.15, 0.2) is 0 Å². The second-order valence-electron chi connectivity index (χ2n) is 4.88. The van der Waals surface area contributed by atoms with Crippen molar-refractivity contribution in [1.82, 2.24) is 0 Å². The second kappa shape index (κ2) is 8.22. The average molecular weight is 286 g/mol. The second-order valence-corrected chi connectivity index (χ2v) is 6.66. The summed E-state index contributed by atoms with van der Waals surface area (Å²) in [7, 11) is 5.08. The summed E-state index contributed by atoms with van der Waals surface area (Å²) in [5, 5.41) is 9.38. The van der Waals surface area contributed by atoms with Crippen LogP contribution in [0.25, 0.3) is 0 Å². The highest BCUT2D eigenvalue weighted by atomic mass is 31.2. The number of aliphatic hydroxyl groups excluding tert-OH is 1. The molecule has 7 nitrogen and oxygen atoms in total. The van der Waals surface area contributed by atoms with E-state index in [1.807, 2.05) is 21.1 Å². The normalized spacial score (nSPS) is 17.4. The van der Waals surface area contributed by atoms with E-state index in [1.165, 1.54) is 14.2 Å². The third-order valence-electron chi connectivity index (χ3n) is 2.02. The maximum atomic E-state index is 12.0. The highest BCUT2D eigenvalue weighted by Crippen LogP contribution is 2.48. The molecular weight excluding hydrogens is 261 g/mol. The summed E-state index contributed by atoms with van der Waals surface area (Å²) in [4.78, 5) is 0. The molecule has 18 heavy (non-hydrogen) atoms. The first kappa shape index (κ1) is 18.0. The molecular formula is C10H25NO6P+. The van der Waals surface area contributed by atoms with Gasteiger partial charge in [0.05, 0.1) is 34.4 Å². The van der Waals surface area contributed by atoms with Crippen LogP contribution in [-0.4, -0.2) is 77.4 Å². The molecule has 0 aliphatic heterocycles. The largest absolute Gasteiger partial charge is 0.474 e. The first-order chi connectivity index (χ1) is 8.22. The van der Waals surface area contributed by atoms with Crippen molar-refractivity contribution in [3.63, 3.8) is 0 Å². The van der Waals surface area contributed by atoms with Gasteiger partial charge in [-0.05, 0) is 0 Å². The van der Waals surface area contributed by atoms with Gasteiger partial charge in [0.1, 0.15) is 19.3 Å². The maximum Gasteiger partial charge on any atom is 0.474 e. The lowest BCUT2D eigenvalue weighted by molar-refractivity contribution is -0.870. The van der Waals surface area contributed by atoms with Crippen LogP contribution in [0.1, 0.15) is 0 Å². The summed E-state index contributed by atoms with van der Waals surface area (Å²) < 4.78 is 32.2. The molecule has 2 atom stereocenters. The quantitative estimate of drug-likeness (QED) is 0.465. The first-order valence-corrected chi connectivity index (χ1v) is 7.11. The molecule has 0 saturated carbocycles. The van der Waals surface area contributed by atoms with Crippen molar-refractivity contribution < 1.29 is 32.5 Å². The average Bonchev–Trinajstić information content (AvgIpc) is 2.25. The van der Waals surface area contributed by atoms with Gasteiger partial charge in [0.15, 0.2) is 0 Å². The summed E-state index contributed by atoms with van der Waals surface area (Å²) in [6, 6.07) is 0. The van der Waals surface area contributed by atoms with Crippen LogP contribution in [0.5, 0.6) is 0 Å². The van der Waals surface area contributed by atoms with Crippen molar-refractivity contribution >= 4 is 7.82 Å². The number of quaternary nitrogens is 1. The Hall–Kier alpha value is -0.0100. The van der Waals surface area contributed by atoms with Crippen LogP contribution in [-0.2, 0) is 22.9 Å². The zero-order valence-corrected chi connectivity index (χ0v) is 12.7. The van der Waals surface area contributed by atoms with Gasteiger partial charge in [0.2, 0.25) is 0 Å². The first-order valence-electron chi connectivity index (χ1n) is 5.65. The third kappa shape index (κ3) is 8.99. The Balaban J connectivity index is 4.07. The molecule has 0 aromatic rings. The number of hydrogen-bond donors (Lipinski definition) is 1. The van der Waals surface area contributed by atoms with Crippen molar-refractivity contribution in [2.75, 3.05) is 61.7 Å². The molecule has 0 bridgehead atoms. The molecule has 8 heteroatoms. The van der Waals surface area contributed by atoms with Crippen molar-refractivity contribution in [1.29, 1.82) is 0 Å². The predicted octanol–water partition coefficient (Wildman–Crippen LogP) is 0.488. The number of aliphatic hydroxyl groups is 1. The van der Waals surface area contributed by atoms with Crippen LogP contribution in [0, 0.1) is 0 Å². The fraction of sp³-hybridized carbons (Fsp3) is 1.00. The van der Waals surface area contributed by atoms with Gasteiger partial charge in [-0.2, -0.15) is 0 Å². The number of nitrogens with zero attached hydrogens (tertiary/aromatic N) is 1. The highest BCUT2D eigenvalue weighted by molar-refractivity contribution is 7.48. The van der Waals surface area contributed by atoms with Gasteiger partial charge in [-0.15, -0.1) is 0 Å². The fourth-order valence-electron chi connectivity index (χ4n) is 0.987. The fourth-order valence-corrected chi connectivity index (χ4v) is 1.93. The van der Waals surface area contributed by atoms with E-state index in [0.29, 0.717) is 11.0 Å². The van der Waals surface area contributed by atoms with E-state index in [4.69, 9.17) is 18.3 Å².